The number of alkyl halides is 3. The van der Waals surface area contributed by atoms with Crippen LogP contribution in [-0.2, 0) is 0 Å². The van der Waals surface area contributed by atoms with Crippen molar-refractivity contribution in [3.05, 3.63) is 55.2 Å². The Morgan fingerprint density at radius 2 is 2.00 bits per heavy atom. The Labute approximate surface area is 174 Å². The van der Waals surface area contributed by atoms with Gasteiger partial charge in [0.15, 0.2) is 5.65 Å². The molecule has 2 amide bonds. The van der Waals surface area contributed by atoms with Crippen LogP contribution in [0.1, 0.15) is 0 Å². The standard InChI is InChI=1S/C18H14F3N7O.ClH/c19-18(20,21)10-25-17(29)27-13-3-1-2-11(6-13)14-8-26-28-9-12(7-24-16(14)28)15-22-4-5-23-15;/h1-9H,10H2,(H,22,23)(H2,25,27,29);1H. The van der Waals surface area contributed by atoms with Crippen LogP contribution < -0.4 is 10.6 Å². The normalized spacial score (nSPS) is 11.2. The Morgan fingerprint density at radius 3 is 2.73 bits per heavy atom. The molecule has 3 aromatic heterocycles. The summed E-state index contributed by atoms with van der Waals surface area (Å²) < 4.78 is 38.2. The Kier molecular flexibility index (Phi) is 5.92. The van der Waals surface area contributed by atoms with E-state index in [1.54, 1.807) is 65.1 Å². The fraction of sp³-hybridized carbons (Fsp3) is 0.111. The first kappa shape index (κ1) is 21.1. The lowest BCUT2D eigenvalue weighted by Gasteiger charge is -2.10. The van der Waals surface area contributed by atoms with Gasteiger partial charge in [-0.2, -0.15) is 18.3 Å². The van der Waals surface area contributed by atoms with Gasteiger partial charge in [0, 0.05) is 36.0 Å². The Morgan fingerprint density at radius 1 is 1.17 bits per heavy atom. The predicted molar refractivity (Wildman–Crippen MR) is 106 cm³/mol. The van der Waals surface area contributed by atoms with Crippen LogP contribution in [0.2, 0.25) is 0 Å². The van der Waals surface area contributed by atoms with Crippen molar-refractivity contribution in [1.29, 1.82) is 0 Å². The first-order chi connectivity index (χ1) is 13.9. The molecule has 0 radical (unpaired) electrons. The second kappa shape index (κ2) is 8.41. The van der Waals surface area contributed by atoms with E-state index >= 15 is 0 Å². The highest BCUT2D eigenvalue weighted by atomic mass is 35.5. The van der Waals surface area contributed by atoms with Gasteiger partial charge in [0.25, 0.3) is 0 Å². The van der Waals surface area contributed by atoms with Crippen LogP contribution >= 0.6 is 12.4 Å². The summed E-state index contributed by atoms with van der Waals surface area (Å²) >= 11 is 0. The first-order valence-electron chi connectivity index (χ1n) is 8.44. The number of nitrogens with zero attached hydrogens (tertiary/aromatic N) is 4. The molecule has 0 fully saturated rings. The smallest absolute Gasteiger partial charge is 0.345 e. The number of urea groups is 1. The van der Waals surface area contributed by atoms with Gasteiger partial charge in [0.05, 0.1) is 11.8 Å². The topological polar surface area (TPSA) is 100 Å². The molecule has 0 bridgehead atoms. The number of imidazole rings is 1. The van der Waals surface area contributed by atoms with Crippen LogP contribution in [-0.4, -0.2) is 43.3 Å². The van der Waals surface area contributed by atoms with E-state index in [1.165, 1.54) is 0 Å². The van der Waals surface area contributed by atoms with E-state index < -0.39 is 18.8 Å². The van der Waals surface area contributed by atoms with E-state index in [-0.39, 0.29) is 12.4 Å². The van der Waals surface area contributed by atoms with Crippen LogP contribution in [0.25, 0.3) is 28.2 Å². The number of carbonyl (C=O) groups excluding carboxylic acids is 1. The van der Waals surface area contributed by atoms with Crippen LogP contribution in [0, 0.1) is 0 Å². The summed E-state index contributed by atoms with van der Waals surface area (Å²) in [5.74, 6) is 0.660. The monoisotopic (exact) mass is 437 g/mol. The minimum atomic E-state index is -4.48. The molecule has 0 aliphatic rings. The Bertz CT molecular complexity index is 1160. The number of carbonyl (C=O) groups is 1. The number of nitrogens with one attached hydrogen (secondary N) is 3. The Hall–Kier alpha value is -3.60. The maximum absolute atomic E-state index is 12.2. The number of rotatable bonds is 4. The minimum absolute atomic E-state index is 0. The fourth-order valence-electron chi connectivity index (χ4n) is 2.74. The average Bonchev–Trinajstić information content (AvgIpc) is 3.35. The Balaban J connectivity index is 0.00000256. The van der Waals surface area contributed by atoms with E-state index in [2.05, 4.69) is 25.4 Å². The van der Waals surface area contributed by atoms with Crippen molar-refractivity contribution in [2.24, 2.45) is 0 Å². The summed E-state index contributed by atoms with van der Waals surface area (Å²) in [4.78, 5) is 23.3. The van der Waals surface area contributed by atoms with Gasteiger partial charge in [-0.05, 0) is 17.7 Å². The quantitative estimate of drug-likeness (QED) is 0.451. The number of benzene rings is 1. The van der Waals surface area contributed by atoms with Gasteiger partial charge in [0.2, 0.25) is 0 Å². The van der Waals surface area contributed by atoms with Crippen molar-refractivity contribution in [3.63, 3.8) is 0 Å². The first-order valence-corrected chi connectivity index (χ1v) is 8.44. The molecular weight excluding hydrogens is 423 g/mol. The van der Waals surface area contributed by atoms with Gasteiger partial charge in [-0.15, -0.1) is 12.4 Å². The number of hydrogen-bond donors (Lipinski definition) is 3. The molecule has 1 aromatic carbocycles. The molecule has 0 saturated carbocycles. The van der Waals surface area contributed by atoms with Gasteiger partial charge in [-0.1, -0.05) is 12.1 Å². The highest BCUT2D eigenvalue weighted by Gasteiger charge is 2.27. The molecule has 0 saturated heterocycles. The van der Waals surface area contributed by atoms with E-state index in [9.17, 15) is 18.0 Å². The summed E-state index contributed by atoms with van der Waals surface area (Å²) in [6.45, 7) is -1.41. The van der Waals surface area contributed by atoms with Crippen LogP contribution in [0.5, 0.6) is 0 Å². The van der Waals surface area contributed by atoms with Crippen molar-refractivity contribution < 1.29 is 18.0 Å². The lowest BCUT2D eigenvalue weighted by Crippen LogP contribution is -2.36. The number of fused-ring (bicyclic) bond motifs is 1. The third-order valence-electron chi connectivity index (χ3n) is 4.01. The summed E-state index contributed by atoms with van der Waals surface area (Å²) in [5.41, 5.74) is 3.09. The molecule has 0 aliphatic carbocycles. The molecule has 4 rings (SSSR count). The number of aromatic amines is 1. The van der Waals surface area contributed by atoms with Gasteiger partial charge in [-0.25, -0.2) is 19.3 Å². The number of H-pyrrole nitrogens is 1. The number of aromatic nitrogens is 5. The maximum Gasteiger partial charge on any atom is 0.405 e. The summed E-state index contributed by atoms with van der Waals surface area (Å²) in [5, 5.41) is 8.44. The molecule has 8 nitrogen and oxygen atoms in total. The summed E-state index contributed by atoms with van der Waals surface area (Å²) in [6, 6.07) is 5.73. The zero-order valence-corrected chi connectivity index (χ0v) is 16.0. The van der Waals surface area contributed by atoms with Crippen molar-refractivity contribution in [3.8, 4) is 22.5 Å². The molecule has 0 atom stereocenters. The highest BCUT2D eigenvalue weighted by Crippen LogP contribution is 2.27. The van der Waals surface area contributed by atoms with E-state index in [0.29, 0.717) is 28.3 Å². The predicted octanol–water partition coefficient (Wildman–Crippen LogP) is 3.89. The van der Waals surface area contributed by atoms with E-state index in [4.69, 9.17) is 0 Å². The molecular formula is C18H15ClF3N7O. The molecule has 30 heavy (non-hydrogen) atoms. The zero-order chi connectivity index (χ0) is 20.4. The number of amides is 2. The maximum atomic E-state index is 12.2. The molecule has 12 heteroatoms. The second-order valence-corrected chi connectivity index (χ2v) is 6.11. The van der Waals surface area contributed by atoms with Crippen LogP contribution in [0.3, 0.4) is 0 Å². The van der Waals surface area contributed by atoms with E-state index in [1.807, 2.05) is 0 Å². The average molecular weight is 438 g/mol. The van der Waals surface area contributed by atoms with Gasteiger partial charge >= 0.3 is 12.2 Å². The third kappa shape index (κ3) is 4.69. The van der Waals surface area contributed by atoms with Gasteiger partial charge < -0.3 is 15.6 Å². The molecule has 0 unspecified atom stereocenters. The summed E-state index contributed by atoms with van der Waals surface area (Å²) in [7, 11) is 0. The molecule has 3 heterocycles. The zero-order valence-electron chi connectivity index (χ0n) is 15.1. The number of halogens is 4. The second-order valence-electron chi connectivity index (χ2n) is 6.11. The van der Waals surface area contributed by atoms with Crippen LogP contribution in [0.4, 0.5) is 23.7 Å². The number of hydrogen-bond acceptors (Lipinski definition) is 4. The van der Waals surface area contributed by atoms with Crippen molar-refractivity contribution in [2.45, 2.75) is 6.18 Å². The molecule has 0 spiro atoms. The lowest BCUT2D eigenvalue weighted by molar-refractivity contribution is -0.122. The largest absolute Gasteiger partial charge is 0.405 e. The molecule has 156 valence electrons. The van der Waals surface area contributed by atoms with Crippen molar-refractivity contribution in [1.82, 2.24) is 29.9 Å². The molecule has 4 aromatic rings. The van der Waals surface area contributed by atoms with E-state index in [0.717, 1.165) is 5.56 Å². The van der Waals surface area contributed by atoms with Gasteiger partial charge in [0.1, 0.15) is 12.4 Å². The van der Waals surface area contributed by atoms with Crippen LogP contribution in [0.15, 0.2) is 55.2 Å². The molecule has 0 aliphatic heterocycles. The SMILES string of the molecule is Cl.O=C(NCC(F)(F)F)Nc1cccc(-c2cnn3cc(-c4ncc[nH]4)cnc23)c1. The fourth-order valence-corrected chi connectivity index (χ4v) is 2.74. The third-order valence-corrected chi connectivity index (χ3v) is 4.01. The highest BCUT2D eigenvalue weighted by molar-refractivity contribution is 5.90. The minimum Gasteiger partial charge on any atom is -0.345 e. The number of anilines is 1. The van der Waals surface area contributed by atoms with Crippen molar-refractivity contribution >= 4 is 29.8 Å². The summed E-state index contributed by atoms with van der Waals surface area (Å²) in [6.07, 6.45) is 3.92. The van der Waals surface area contributed by atoms with Crippen molar-refractivity contribution in [2.75, 3.05) is 11.9 Å². The lowest BCUT2D eigenvalue weighted by atomic mass is 10.1. The molecule has 3 N–H and O–H groups in total. The van der Waals surface area contributed by atoms with Gasteiger partial charge in [-0.3, -0.25) is 0 Å².